The van der Waals surface area contributed by atoms with Crippen LogP contribution in [0, 0.1) is 0 Å². The van der Waals surface area contributed by atoms with Crippen LogP contribution in [0.25, 0.3) is 0 Å². The molecular weight excluding hydrogens is 155 g/mol. The van der Waals surface area contributed by atoms with Crippen LogP contribution in [0.5, 0.6) is 0 Å². The molecule has 0 unspecified atom stereocenters. The number of hydrogen-bond acceptors (Lipinski definition) is 3. The van der Waals surface area contributed by atoms with E-state index >= 15 is 0 Å². The zero-order valence-corrected chi connectivity index (χ0v) is 4.59. The van der Waals surface area contributed by atoms with Crippen molar-refractivity contribution in [2.24, 2.45) is 0 Å². The van der Waals surface area contributed by atoms with Gasteiger partial charge >= 0.3 is 45.8 Å². The van der Waals surface area contributed by atoms with Crippen LogP contribution in [0.1, 0.15) is 0 Å². The first-order valence-corrected chi connectivity index (χ1v) is 2.52. The van der Waals surface area contributed by atoms with Gasteiger partial charge in [0, 0.05) is 0 Å². The summed E-state index contributed by atoms with van der Waals surface area (Å²) in [5.41, 5.74) is 0. The van der Waals surface area contributed by atoms with Crippen molar-refractivity contribution in [3.63, 3.8) is 0 Å². The van der Waals surface area contributed by atoms with Crippen molar-refractivity contribution in [3.05, 3.63) is 0 Å². The third-order valence-electron chi connectivity index (χ3n) is 0. The van der Waals surface area contributed by atoms with E-state index < -0.39 is 18.6 Å². The molecule has 0 saturated heterocycles. The molecule has 0 aromatic heterocycles. The van der Waals surface area contributed by atoms with Crippen molar-refractivity contribution >= 4 is 0 Å². The van der Waals surface area contributed by atoms with Crippen molar-refractivity contribution in [1.29, 1.82) is 0 Å². The fraction of sp³-hybridized carbons (Fsp3) is 0. The Morgan fingerprint density at radius 2 is 1.40 bits per heavy atom. The fourth-order valence-electron chi connectivity index (χ4n) is 0. The van der Waals surface area contributed by atoms with Crippen LogP contribution >= 0.6 is 0 Å². The first kappa shape index (κ1) is 9.33. The van der Waals surface area contributed by atoms with E-state index in [1.54, 1.807) is 0 Å². The molecule has 0 spiro atoms. The van der Waals surface area contributed by atoms with E-state index in [1.165, 1.54) is 0 Å². The molecule has 3 nitrogen and oxygen atoms in total. The van der Waals surface area contributed by atoms with Gasteiger partial charge in [0.15, 0.2) is 0 Å². The quantitative estimate of drug-likeness (QED) is 0.363. The van der Waals surface area contributed by atoms with Gasteiger partial charge in [0.2, 0.25) is 0 Å². The molecule has 32 valence electrons. The van der Waals surface area contributed by atoms with Gasteiger partial charge < -0.3 is 0 Å². The Balaban J connectivity index is 0. The predicted molar refractivity (Wildman–Crippen MR) is 0.686 cm³/mol. The Hall–Kier alpha value is 0.928. The minimum atomic E-state index is -4.08. The van der Waals surface area contributed by atoms with Crippen molar-refractivity contribution < 1.29 is 45.8 Å². The second kappa shape index (κ2) is 4.93. The van der Waals surface area contributed by atoms with E-state index in [4.69, 9.17) is 10.7 Å². The summed E-state index contributed by atoms with van der Waals surface area (Å²) in [5, 5.41) is 0. The van der Waals surface area contributed by atoms with Gasteiger partial charge in [0.05, 0.1) is 0 Å². The van der Waals surface area contributed by atoms with Gasteiger partial charge in [-0.2, -0.15) is 0 Å². The Labute approximate surface area is 46.0 Å². The Morgan fingerprint density at radius 3 is 1.40 bits per heavy atom. The summed E-state index contributed by atoms with van der Waals surface area (Å²) < 4.78 is 25.8. The van der Waals surface area contributed by atoms with Crippen molar-refractivity contribution in [3.8, 4) is 0 Å². The monoisotopic (exact) mass is 154 g/mol. The van der Waals surface area contributed by atoms with E-state index in [1.807, 2.05) is 0 Å². The summed E-state index contributed by atoms with van der Waals surface area (Å²) >= 11 is -4.08. The molecule has 0 N–H and O–H groups in total. The zero-order valence-electron chi connectivity index (χ0n) is 2.04. The predicted octanol–water partition coefficient (Wildman–Crippen LogP) is -2.50. The number of rotatable bonds is 0. The van der Waals surface area contributed by atoms with Crippen LogP contribution in [-0.4, -0.2) is 0 Å². The van der Waals surface area contributed by atoms with Crippen molar-refractivity contribution in [2.45, 2.75) is 0 Å². The van der Waals surface area contributed by atoms with Crippen molar-refractivity contribution in [1.82, 2.24) is 0 Å². The topological polar surface area (TPSA) is 63.2 Å². The van der Waals surface area contributed by atoms with E-state index in [0.29, 0.717) is 0 Å². The average molecular weight is 155 g/mol. The molecule has 0 rings (SSSR count). The van der Waals surface area contributed by atoms with Crippen LogP contribution in [0.15, 0.2) is 0 Å². The molecule has 0 bridgehead atoms. The second-order valence-electron chi connectivity index (χ2n) is 0.250. The van der Waals surface area contributed by atoms with E-state index in [9.17, 15) is 0 Å². The molecule has 0 aliphatic heterocycles. The summed E-state index contributed by atoms with van der Waals surface area (Å²) in [6.07, 6.45) is 0. The van der Waals surface area contributed by atoms with E-state index in [2.05, 4.69) is 0 Å². The first-order chi connectivity index (χ1) is 1.73. The van der Waals surface area contributed by atoms with E-state index in [-0.39, 0.29) is 16.5 Å². The maximum absolute atomic E-state index is 8.58. The number of hydrogen-bond donors (Lipinski definition) is 0. The molecule has 0 radical (unpaired) electrons. The Morgan fingerprint density at radius 1 is 1.40 bits per heavy atom. The van der Waals surface area contributed by atoms with Gasteiger partial charge in [0.25, 0.3) is 0 Å². The van der Waals surface area contributed by atoms with Crippen LogP contribution in [0.2, 0.25) is 0 Å². The Kier molecular flexibility index (Phi) is 9.20. The van der Waals surface area contributed by atoms with Crippen LogP contribution in [0.3, 0.4) is 0 Å². The second-order valence-corrected chi connectivity index (χ2v) is 1.03. The van der Waals surface area contributed by atoms with Crippen molar-refractivity contribution in [2.75, 3.05) is 0 Å². The molecule has 0 aromatic carbocycles. The SMILES string of the molecule is [Ni+2].[O]=[Ti]([O-])[O-]. The van der Waals surface area contributed by atoms with Gasteiger partial charge in [0.1, 0.15) is 0 Å². The molecule has 5 heavy (non-hydrogen) atoms. The normalized spacial score (nSPS) is 5.20. The summed E-state index contributed by atoms with van der Waals surface area (Å²) in [5.74, 6) is 0. The van der Waals surface area contributed by atoms with Crippen LogP contribution < -0.4 is 7.38 Å². The maximum atomic E-state index is 8.58. The molecule has 0 heterocycles. The van der Waals surface area contributed by atoms with Gasteiger partial charge in [-0.25, -0.2) is 0 Å². The molecule has 0 fully saturated rings. The average Bonchev–Trinajstić information content (AvgIpc) is 0.811. The third kappa shape index (κ3) is 49.1. The fourth-order valence-corrected chi connectivity index (χ4v) is 0. The van der Waals surface area contributed by atoms with Gasteiger partial charge in [-0.15, -0.1) is 0 Å². The first-order valence-electron chi connectivity index (χ1n) is 0.612. The van der Waals surface area contributed by atoms with Gasteiger partial charge in [-0.1, -0.05) is 0 Å². The van der Waals surface area contributed by atoms with Gasteiger partial charge in [-0.05, 0) is 0 Å². The standard InChI is InChI=1S/Ni.3O.Ti/q+2;;2*-1;. The molecule has 0 amide bonds. The zero-order chi connectivity index (χ0) is 3.58. The summed E-state index contributed by atoms with van der Waals surface area (Å²) in [7, 11) is 0. The van der Waals surface area contributed by atoms with Crippen LogP contribution in [0.4, 0.5) is 0 Å². The summed E-state index contributed by atoms with van der Waals surface area (Å²) in [6.45, 7) is 0. The molecule has 0 aliphatic carbocycles. The van der Waals surface area contributed by atoms with E-state index in [0.717, 1.165) is 0 Å². The summed E-state index contributed by atoms with van der Waals surface area (Å²) in [6, 6.07) is 0. The molecular formula is NiO3Ti. The molecule has 0 aromatic rings. The summed E-state index contributed by atoms with van der Waals surface area (Å²) in [4.78, 5) is 0. The molecule has 5 heteroatoms. The molecule has 0 aliphatic rings. The molecule has 0 atom stereocenters. The third-order valence-corrected chi connectivity index (χ3v) is 0. The van der Waals surface area contributed by atoms with Gasteiger partial charge in [-0.3, -0.25) is 0 Å². The molecule has 0 saturated carbocycles. The van der Waals surface area contributed by atoms with Crippen LogP contribution in [-0.2, 0) is 38.4 Å². The Bertz CT molecular complexity index is 29.9. The minimum absolute atomic E-state index is 0.